The maximum atomic E-state index is 5.68. The summed E-state index contributed by atoms with van der Waals surface area (Å²) >= 11 is 0. The number of allylic oxidation sites excluding steroid dienone is 2. The van der Waals surface area contributed by atoms with Crippen molar-refractivity contribution in [3.05, 3.63) is 47.5 Å². The SMILES string of the molecule is CC(C)=CCCCCCCCCOCc1ccccc1. The summed E-state index contributed by atoms with van der Waals surface area (Å²) in [6.07, 6.45) is 11.5. The van der Waals surface area contributed by atoms with Gasteiger partial charge in [-0.15, -0.1) is 0 Å². The van der Waals surface area contributed by atoms with E-state index in [1.165, 1.54) is 56.1 Å². The van der Waals surface area contributed by atoms with Gasteiger partial charge in [0.1, 0.15) is 0 Å². The Kier molecular flexibility index (Phi) is 9.95. The molecule has 1 nitrogen and oxygen atoms in total. The zero-order chi connectivity index (χ0) is 14.5. The molecule has 0 heterocycles. The highest BCUT2D eigenvalue weighted by atomic mass is 16.5. The third kappa shape index (κ3) is 9.80. The van der Waals surface area contributed by atoms with E-state index in [4.69, 9.17) is 4.74 Å². The van der Waals surface area contributed by atoms with E-state index in [1.54, 1.807) is 0 Å². The first kappa shape index (κ1) is 17.0. The van der Waals surface area contributed by atoms with Crippen LogP contribution in [0.1, 0.15) is 64.4 Å². The second kappa shape index (κ2) is 11.7. The van der Waals surface area contributed by atoms with Gasteiger partial charge < -0.3 is 4.74 Å². The monoisotopic (exact) mass is 274 g/mol. The van der Waals surface area contributed by atoms with Gasteiger partial charge in [0.15, 0.2) is 0 Å². The molecule has 0 bridgehead atoms. The van der Waals surface area contributed by atoms with Crippen LogP contribution in [-0.4, -0.2) is 6.61 Å². The summed E-state index contributed by atoms with van der Waals surface area (Å²) in [5, 5.41) is 0. The molecule has 1 aromatic carbocycles. The van der Waals surface area contributed by atoms with Crippen LogP contribution in [0.25, 0.3) is 0 Å². The molecule has 0 saturated carbocycles. The number of hydrogen-bond donors (Lipinski definition) is 0. The number of hydrogen-bond acceptors (Lipinski definition) is 1. The molecular weight excluding hydrogens is 244 g/mol. The Hall–Kier alpha value is -1.08. The molecule has 0 aliphatic carbocycles. The molecule has 20 heavy (non-hydrogen) atoms. The number of ether oxygens (including phenoxy) is 1. The topological polar surface area (TPSA) is 9.23 Å². The maximum absolute atomic E-state index is 5.68. The molecule has 0 fully saturated rings. The van der Waals surface area contributed by atoms with E-state index in [9.17, 15) is 0 Å². The van der Waals surface area contributed by atoms with Crippen LogP contribution in [0, 0.1) is 0 Å². The largest absolute Gasteiger partial charge is 0.377 e. The highest BCUT2D eigenvalue weighted by Gasteiger charge is 1.93. The van der Waals surface area contributed by atoms with Gasteiger partial charge >= 0.3 is 0 Å². The first-order valence-corrected chi connectivity index (χ1v) is 8.04. The molecule has 112 valence electrons. The first-order valence-electron chi connectivity index (χ1n) is 8.04. The van der Waals surface area contributed by atoms with E-state index < -0.39 is 0 Å². The molecule has 1 aromatic rings. The zero-order valence-electron chi connectivity index (χ0n) is 13.2. The van der Waals surface area contributed by atoms with Gasteiger partial charge in [-0.25, -0.2) is 0 Å². The quantitative estimate of drug-likeness (QED) is 0.360. The van der Waals surface area contributed by atoms with Gasteiger partial charge in [-0.1, -0.05) is 67.7 Å². The van der Waals surface area contributed by atoms with E-state index in [-0.39, 0.29) is 0 Å². The Morgan fingerprint density at radius 2 is 1.55 bits per heavy atom. The molecule has 0 radical (unpaired) electrons. The molecule has 0 N–H and O–H groups in total. The fourth-order valence-corrected chi connectivity index (χ4v) is 2.21. The molecule has 0 aliphatic heterocycles. The first-order chi connectivity index (χ1) is 9.79. The lowest BCUT2D eigenvalue weighted by Crippen LogP contribution is -1.95. The van der Waals surface area contributed by atoms with E-state index in [2.05, 4.69) is 44.2 Å². The summed E-state index contributed by atoms with van der Waals surface area (Å²) < 4.78 is 5.68. The standard InChI is InChI=1S/C19H30O/c1-18(2)13-9-6-4-3-5-7-12-16-20-17-19-14-10-8-11-15-19/h8,10-11,13-15H,3-7,9,12,16-17H2,1-2H3. The van der Waals surface area contributed by atoms with Crippen molar-refractivity contribution < 1.29 is 4.74 Å². The minimum Gasteiger partial charge on any atom is -0.377 e. The van der Waals surface area contributed by atoms with Gasteiger partial charge in [0.25, 0.3) is 0 Å². The summed E-state index contributed by atoms with van der Waals surface area (Å²) in [6.45, 7) is 6.00. The second-order valence-electron chi connectivity index (χ2n) is 5.73. The highest BCUT2D eigenvalue weighted by Crippen LogP contribution is 2.09. The van der Waals surface area contributed by atoms with Gasteiger partial charge in [0, 0.05) is 6.61 Å². The Morgan fingerprint density at radius 3 is 2.25 bits per heavy atom. The van der Waals surface area contributed by atoms with Crippen LogP contribution in [0.3, 0.4) is 0 Å². The van der Waals surface area contributed by atoms with Crippen molar-refractivity contribution in [2.75, 3.05) is 6.61 Å². The molecule has 1 rings (SSSR count). The van der Waals surface area contributed by atoms with E-state index in [1.807, 2.05) is 6.07 Å². The Labute approximate surface area is 125 Å². The van der Waals surface area contributed by atoms with Crippen molar-refractivity contribution in [1.29, 1.82) is 0 Å². The Bertz CT molecular complexity index is 349. The molecule has 1 heteroatoms. The van der Waals surface area contributed by atoms with E-state index in [0.29, 0.717) is 0 Å². The molecule has 0 atom stereocenters. The summed E-state index contributed by atoms with van der Waals surface area (Å²) in [7, 11) is 0. The fourth-order valence-electron chi connectivity index (χ4n) is 2.21. The van der Waals surface area contributed by atoms with Crippen LogP contribution in [0.15, 0.2) is 42.0 Å². The number of rotatable bonds is 11. The third-order valence-corrected chi connectivity index (χ3v) is 3.41. The average Bonchev–Trinajstić information content (AvgIpc) is 2.45. The van der Waals surface area contributed by atoms with Crippen molar-refractivity contribution >= 4 is 0 Å². The van der Waals surface area contributed by atoms with Gasteiger partial charge in [0.2, 0.25) is 0 Å². The Balaban J connectivity index is 1.82. The van der Waals surface area contributed by atoms with Crippen molar-refractivity contribution in [1.82, 2.24) is 0 Å². The minimum atomic E-state index is 0.754. The smallest absolute Gasteiger partial charge is 0.0716 e. The predicted molar refractivity (Wildman–Crippen MR) is 87.8 cm³/mol. The molecule has 0 saturated heterocycles. The van der Waals surface area contributed by atoms with Crippen molar-refractivity contribution in [2.45, 2.75) is 65.4 Å². The van der Waals surface area contributed by atoms with Gasteiger partial charge in [-0.3, -0.25) is 0 Å². The molecule has 0 unspecified atom stereocenters. The summed E-state index contributed by atoms with van der Waals surface area (Å²) in [6, 6.07) is 10.4. The Morgan fingerprint density at radius 1 is 0.900 bits per heavy atom. The van der Waals surface area contributed by atoms with Crippen LogP contribution in [0.2, 0.25) is 0 Å². The lowest BCUT2D eigenvalue weighted by atomic mass is 10.1. The molecular formula is C19H30O. The molecule has 0 spiro atoms. The van der Waals surface area contributed by atoms with Crippen molar-refractivity contribution in [3.8, 4) is 0 Å². The predicted octanol–water partition coefficient (Wildman–Crippen LogP) is 5.90. The summed E-state index contributed by atoms with van der Waals surface area (Å²) in [5.41, 5.74) is 2.72. The average molecular weight is 274 g/mol. The van der Waals surface area contributed by atoms with E-state index in [0.717, 1.165) is 13.2 Å². The third-order valence-electron chi connectivity index (χ3n) is 3.41. The summed E-state index contributed by atoms with van der Waals surface area (Å²) in [5.74, 6) is 0. The van der Waals surface area contributed by atoms with Crippen molar-refractivity contribution in [3.63, 3.8) is 0 Å². The molecule has 0 aromatic heterocycles. The molecule has 0 aliphatic rings. The normalized spacial score (nSPS) is 10.5. The maximum Gasteiger partial charge on any atom is 0.0716 e. The van der Waals surface area contributed by atoms with Crippen LogP contribution in [0.5, 0.6) is 0 Å². The zero-order valence-corrected chi connectivity index (χ0v) is 13.2. The fraction of sp³-hybridized carbons (Fsp3) is 0.579. The second-order valence-corrected chi connectivity index (χ2v) is 5.73. The van der Waals surface area contributed by atoms with Crippen LogP contribution >= 0.6 is 0 Å². The van der Waals surface area contributed by atoms with Gasteiger partial charge in [-0.2, -0.15) is 0 Å². The van der Waals surface area contributed by atoms with Gasteiger partial charge in [-0.05, 0) is 38.7 Å². The van der Waals surface area contributed by atoms with Crippen LogP contribution < -0.4 is 0 Å². The lowest BCUT2D eigenvalue weighted by Gasteiger charge is -2.04. The van der Waals surface area contributed by atoms with Crippen LogP contribution in [-0.2, 0) is 11.3 Å². The lowest BCUT2D eigenvalue weighted by molar-refractivity contribution is 0.116. The van der Waals surface area contributed by atoms with Gasteiger partial charge in [0.05, 0.1) is 6.61 Å². The molecule has 0 amide bonds. The number of benzene rings is 1. The van der Waals surface area contributed by atoms with E-state index >= 15 is 0 Å². The highest BCUT2D eigenvalue weighted by molar-refractivity contribution is 5.13. The summed E-state index contributed by atoms with van der Waals surface area (Å²) in [4.78, 5) is 0. The van der Waals surface area contributed by atoms with Crippen molar-refractivity contribution in [2.24, 2.45) is 0 Å². The number of unbranched alkanes of at least 4 members (excludes halogenated alkanes) is 6. The minimum absolute atomic E-state index is 0.754. The van der Waals surface area contributed by atoms with Crippen LogP contribution in [0.4, 0.5) is 0 Å².